The summed E-state index contributed by atoms with van der Waals surface area (Å²) in [5.74, 6) is 0.849. The van der Waals surface area contributed by atoms with Crippen molar-refractivity contribution >= 4 is 0 Å². The van der Waals surface area contributed by atoms with Crippen molar-refractivity contribution in [2.45, 2.75) is 13.2 Å². The van der Waals surface area contributed by atoms with Crippen molar-refractivity contribution in [1.29, 1.82) is 0 Å². The first-order chi connectivity index (χ1) is 7.90. The summed E-state index contributed by atoms with van der Waals surface area (Å²) < 4.78 is 5.71. The summed E-state index contributed by atoms with van der Waals surface area (Å²) in [6.45, 7) is 1.03. The fourth-order valence-corrected chi connectivity index (χ4v) is 1.45. The number of nitrogens with zero attached hydrogens (tertiary/aromatic N) is 1. The summed E-state index contributed by atoms with van der Waals surface area (Å²) in [7, 11) is 0. The van der Waals surface area contributed by atoms with E-state index in [0.717, 1.165) is 16.9 Å². The van der Waals surface area contributed by atoms with Crippen molar-refractivity contribution in [2.24, 2.45) is 5.73 Å². The molecule has 1 aromatic heterocycles. The molecule has 0 bridgehead atoms. The first-order valence-electron chi connectivity index (χ1n) is 5.20. The van der Waals surface area contributed by atoms with Crippen molar-refractivity contribution in [3.63, 3.8) is 0 Å². The highest BCUT2D eigenvalue weighted by Crippen LogP contribution is 2.18. The number of hydrogen-bond acceptors (Lipinski definition) is 3. The van der Waals surface area contributed by atoms with Crippen molar-refractivity contribution in [3.8, 4) is 5.75 Å². The maximum atomic E-state index is 5.71. The molecular weight excluding hydrogens is 200 g/mol. The standard InChI is InChI=1S/C13H14N2O/c14-9-12-3-1-2-4-13(12)16-10-11-5-7-15-8-6-11/h1-8H,9-10,14H2. The van der Waals surface area contributed by atoms with Gasteiger partial charge in [0.2, 0.25) is 0 Å². The van der Waals surface area contributed by atoms with Gasteiger partial charge in [-0.15, -0.1) is 0 Å². The molecule has 82 valence electrons. The van der Waals surface area contributed by atoms with Crippen LogP contribution in [-0.2, 0) is 13.2 Å². The second kappa shape index (κ2) is 5.28. The van der Waals surface area contributed by atoms with Gasteiger partial charge in [0, 0.05) is 24.5 Å². The first kappa shape index (κ1) is 10.6. The van der Waals surface area contributed by atoms with Crippen LogP contribution in [0.2, 0.25) is 0 Å². The Labute approximate surface area is 94.9 Å². The maximum absolute atomic E-state index is 5.71. The van der Waals surface area contributed by atoms with Crippen LogP contribution in [0, 0.1) is 0 Å². The molecule has 3 heteroatoms. The van der Waals surface area contributed by atoms with E-state index in [2.05, 4.69) is 4.98 Å². The summed E-state index contributed by atoms with van der Waals surface area (Å²) in [5, 5.41) is 0. The fourth-order valence-electron chi connectivity index (χ4n) is 1.45. The zero-order valence-corrected chi connectivity index (χ0v) is 8.97. The zero-order chi connectivity index (χ0) is 11.2. The van der Waals surface area contributed by atoms with Crippen LogP contribution < -0.4 is 10.5 Å². The minimum absolute atomic E-state index is 0.493. The quantitative estimate of drug-likeness (QED) is 0.848. The summed E-state index contributed by atoms with van der Waals surface area (Å²) in [5.41, 5.74) is 7.75. The van der Waals surface area contributed by atoms with Crippen LogP contribution >= 0.6 is 0 Å². The Morgan fingerprint density at radius 1 is 1.06 bits per heavy atom. The Hall–Kier alpha value is -1.87. The van der Waals surface area contributed by atoms with Crippen LogP contribution in [0.15, 0.2) is 48.8 Å². The number of hydrogen-bond donors (Lipinski definition) is 1. The lowest BCUT2D eigenvalue weighted by molar-refractivity contribution is 0.303. The van der Waals surface area contributed by atoms with Gasteiger partial charge >= 0.3 is 0 Å². The van der Waals surface area contributed by atoms with E-state index in [1.165, 1.54) is 0 Å². The van der Waals surface area contributed by atoms with E-state index in [4.69, 9.17) is 10.5 Å². The summed E-state index contributed by atoms with van der Waals surface area (Å²) >= 11 is 0. The largest absolute Gasteiger partial charge is 0.489 e. The molecule has 0 fully saturated rings. The summed E-state index contributed by atoms with van der Waals surface area (Å²) in [4.78, 5) is 3.96. The van der Waals surface area contributed by atoms with Gasteiger partial charge in [-0.05, 0) is 23.8 Å². The molecule has 0 unspecified atom stereocenters. The molecule has 0 spiro atoms. The van der Waals surface area contributed by atoms with Crippen LogP contribution in [0.3, 0.4) is 0 Å². The average Bonchev–Trinajstić information content (AvgIpc) is 2.38. The highest BCUT2D eigenvalue weighted by molar-refractivity contribution is 5.33. The third-order valence-electron chi connectivity index (χ3n) is 2.34. The van der Waals surface area contributed by atoms with Gasteiger partial charge in [0.05, 0.1) is 0 Å². The Morgan fingerprint density at radius 3 is 2.56 bits per heavy atom. The molecule has 0 saturated heterocycles. The molecule has 0 aliphatic heterocycles. The number of para-hydroxylation sites is 1. The lowest BCUT2D eigenvalue weighted by atomic mass is 10.2. The second-order valence-corrected chi connectivity index (χ2v) is 3.46. The van der Waals surface area contributed by atoms with Gasteiger partial charge in [-0.2, -0.15) is 0 Å². The highest BCUT2D eigenvalue weighted by atomic mass is 16.5. The third-order valence-corrected chi connectivity index (χ3v) is 2.34. The smallest absolute Gasteiger partial charge is 0.124 e. The maximum Gasteiger partial charge on any atom is 0.124 e. The molecule has 0 amide bonds. The average molecular weight is 214 g/mol. The molecule has 1 aromatic carbocycles. The Balaban J connectivity index is 2.05. The van der Waals surface area contributed by atoms with Crippen LogP contribution in [-0.4, -0.2) is 4.98 Å². The summed E-state index contributed by atoms with van der Waals surface area (Å²) in [6.07, 6.45) is 3.51. The normalized spacial score (nSPS) is 10.1. The van der Waals surface area contributed by atoms with Gasteiger partial charge in [-0.1, -0.05) is 18.2 Å². The minimum Gasteiger partial charge on any atom is -0.489 e. The zero-order valence-electron chi connectivity index (χ0n) is 8.97. The van der Waals surface area contributed by atoms with Crippen LogP contribution in [0.25, 0.3) is 0 Å². The van der Waals surface area contributed by atoms with Crippen molar-refractivity contribution < 1.29 is 4.74 Å². The van der Waals surface area contributed by atoms with Crippen molar-refractivity contribution in [3.05, 3.63) is 59.9 Å². The van der Waals surface area contributed by atoms with Gasteiger partial charge in [0.25, 0.3) is 0 Å². The lowest BCUT2D eigenvalue weighted by Gasteiger charge is -2.09. The SMILES string of the molecule is NCc1ccccc1OCc1ccncc1. The van der Waals surface area contributed by atoms with E-state index in [0.29, 0.717) is 13.2 Å². The Bertz CT molecular complexity index is 443. The number of nitrogens with two attached hydrogens (primary N) is 1. The van der Waals surface area contributed by atoms with Crippen LogP contribution in [0.4, 0.5) is 0 Å². The molecule has 16 heavy (non-hydrogen) atoms. The summed E-state index contributed by atoms with van der Waals surface area (Å²) in [6, 6.07) is 11.7. The van der Waals surface area contributed by atoms with Crippen molar-refractivity contribution in [2.75, 3.05) is 0 Å². The fraction of sp³-hybridized carbons (Fsp3) is 0.154. The van der Waals surface area contributed by atoms with Crippen molar-refractivity contribution in [1.82, 2.24) is 4.98 Å². The number of aromatic nitrogens is 1. The Morgan fingerprint density at radius 2 is 1.81 bits per heavy atom. The highest BCUT2D eigenvalue weighted by Gasteiger charge is 2.00. The van der Waals surface area contributed by atoms with E-state index in [1.807, 2.05) is 36.4 Å². The van der Waals surface area contributed by atoms with Gasteiger partial charge < -0.3 is 10.5 Å². The number of pyridine rings is 1. The molecule has 3 nitrogen and oxygen atoms in total. The van der Waals surface area contributed by atoms with Gasteiger partial charge in [-0.25, -0.2) is 0 Å². The van der Waals surface area contributed by atoms with Crippen LogP contribution in [0.1, 0.15) is 11.1 Å². The molecular formula is C13H14N2O. The molecule has 0 aliphatic rings. The molecule has 2 N–H and O–H groups in total. The van der Waals surface area contributed by atoms with Gasteiger partial charge in [0.15, 0.2) is 0 Å². The van der Waals surface area contributed by atoms with E-state index >= 15 is 0 Å². The molecule has 0 atom stereocenters. The molecule has 0 saturated carbocycles. The van der Waals surface area contributed by atoms with Gasteiger partial charge in [0.1, 0.15) is 12.4 Å². The molecule has 0 radical (unpaired) electrons. The van der Waals surface area contributed by atoms with Crippen LogP contribution in [0.5, 0.6) is 5.75 Å². The molecule has 2 rings (SSSR count). The molecule has 1 heterocycles. The molecule has 0 aliphatic carbocycles. The predicted molar refractivity (Wildman–Crippen MR) is 62.9 cm³/mol. The predicted octanol–water partition coefficient (Wildman–Crippen LogP) is 2.12. The van der Waals surface area contributed by atoms with Gasteiger partial charge in [-0.3, -0.25) is 4.98 Å². The lowest BCUT2D eigenvalue weighted by Crippen LogP contribution is -2.02. The minimum atomic E-state index is 0.493. The van der Waals surface area contributed by atoms with E-state index in [9.17, 15) is 0 Å². The third kappa shape index (κ3) is 2.58. The monoisotopic (exact) mass is 214 g/mol. The number of ether oxygens (including phenoxy) is 1. The van der Waals surface area contributed by atoms with E-state index in [1.54, 1.807) is 12.4 Å². The number of benzene rings is 1. The number of rotatable bonds is 4. The topological polar surface area (TPSA) is 48.1 Å². The second-order valence-electron chi connectivity index (χ2n) is 3.46. The van der Waals surface area contributed by atoms with E-state index in [-0.39, 0.29) is 0 Å². The first-order valence-corrected chi connectivity index (χ1v) is 5.20. The van der Waals surface area contributed by atoms with E-state index < -0.39 is 0 Å². The molecule has 2 aromatic rings. The Kier molecular flexibility index (Phi) is 3.51.